The molecular formula is C36H41N7O5. The Morgan fingerprint density at radius 2 is 1.50 bits per heavy atom. The number of hydrogen-bond donors (Lipinski definition) is 2. The molecule has 5 rings (SSSR count). The number of carbonyl (C=O) groups is 2. The molecule has 0 aliphatic carbocycles. The van der Waals surface area contributed by atoms with Crippen LogP contribution in [-0.2, 0) is 14.2 Å². The number of fused-ring (bicyclic) bond motifs is 1. The molecule has 1 aliphatic rings. The van der Waals surface area contributed by atoms with Crippen LogP contribution < -0.4 is 10.6 Å². The van der Waals surface area contributed by atoms with Gasteiger partial charge in [-0.1, -0.05) is 32.9 Å². The average Bonchev–Trinajstić information content (AvgIpc) is 3.65. The molecule has 0 fully saturated rings. The first-order valence-corrected chi connectivity index (χ1v) is 16.0. The summed E-state index contributed by atoms with van der Waals surface area (Å²) in [4.78, 5) is 37.0. The van der Waals surface area contributed by atoms with Crippen molar-refractivity contribution < 1.29 is 23.8 Å². The molecule has 1 aliphatic heterocycles. The second-order valence-corrected chi connectivity index (χ2v) is 11.9. The van der Waals surface area contributed by atoms with Crippen LogP contribution in [0.4, 0.5) is 17.1 Å². The van der Waals surface area contributed by atoms with Crippen molar-refractivity contribution in [1.82, 2.24) is 14.9 Å². The second-order valence-electron chi connectivity index (χ2n) is 11.9. The molecule has 2 N–H and O–H groups in total. The fourth-order valence-corrected chi connectivity index (χ4v) is 4.87. The lowest BCUT2D eigenvalue weighted by Gasteiger charge is -2.18. The third-order valence-corrected chi connectivity index (χ3v) is 7.28. The van der Waals surface area contributed by atoms with E-state index in [1.165, 1.54) is 4.79 Å². The fraction of sp³-hybridized carbons (Fsp3) is 0.333. The summed E-state index contributed by atoms with van der Waals surface area (Å²) in [5.74, 6) is 0.00734. The summed E-state index contributed by atoms with van der Waals surface area (Å²) in [6, 6.07) is 21.5. The van der Waals surface area contributed by atoms with Gasteiger partial charge in [0.15, 0.2) is 5.82 Å². The number of aliphatic imine (C=N–C) groups is 1. The smallest absolute Gasteiger partial charge is 0.339 e. The molecule has 4 aromatic rings. The summed E-state index contributed by atoms with van der Waals surface area (Å²) < 4.78 is 15.9. The molecule has 0 bridgehead atoms. The van der Waals surface area contributed by atoms with Crippen LogP contribution >= 0.6 is 0 Å². The molecule has 3 aromatic carbocycles. The Balaban J connectivity index is 1.31. The summed E-state index contributed by atoms with van der Waals surface area (Å²) in [6.07, 6.45) is 0. The third kappa shape index (κ3) is 8.38. The average molecular weight is 652 g/mol. The number of nitrogens with zero attached hydrogens (tertiary/aromatic N) is 5. The van der Waals surface area contributed by atoms with Gasteiger partial charge in [-0.05, 0) is 74.5 Å². The van der Waals surface area contributed by atoms with Crippen molar-refractivity contribution in [3.05, 3.63) is 89.7 Å². The molecule has 0 spiro atoms. The highest BCUT2D eigenvalue weighted by molar-refractivity contribution is 6.50. The number of benzene rings is 3. The van der Waals surface area contributed by atoms with E-state index in [0.717, 1.165) is 29.2 Å². The highest BCUT2D eigenvalue weighted by atomic mass is 16.6. The van der Waals surface area contributed by atoms with Gasteiger partial charge in [-0.15, -0.1) is 9.89 Å². The zero-order valence-corrected chi connectivity index (χ0v) is 27.9. The number of nitrogens with one attached hydrogen (secondary N) is 2. The van der Waals surface area contributed by atoms with Gasteiger partial charge in [0.25, 0.3) is 5.91 Å². The second kappa shape index (κ2) is 15.6. The van der Waals surface area contributed by atoms with Crippen molar-refractivity contribution in [2.75, 3.05) is 50.2 Å². The molecule has 0 saturated carbocycles. The van der Waals surface area contributed by atoms with Crippen LogP contribution in [0.3, 0.4) is 0 Å². The molecule has 12 nitrogen and oxygen atoms in total. The van der Waals surface area contributed by atoms with E-state index in [9.17, 15) is 9.59 Å². The number of ether oxygens (including phenoxy) is 3. The molecular weight excluding hydrogens is 610 g/mol. The maximum Gasteiger partial charge on any atom is 0.339 e. The summed E-state index contributed by atoms with van der Waals surface area (Å²) in [6.45, 7) is 13.1. The minimum Gasteiger partial charge on any atom is -0.460 e. The first-order valence-electron chi connectivity index (χ1n) is 16.0. The summed E-state index contributed by atoms with van der Waals surface area (Å²) >= 11 is 0. The van der Waals surface area contributed by atoms with Gasteiger partial charge in [-0.25, -0.2) is 14.8 Å². The van der Waals surface area contributed by atoms with Crippen molar-refractivity contribution in [2.45, 2.75) is 34.6 Å². The maximum absolute atomic E-state index is 13.1. The Morgan fingerprint density at radius 1 is 0.833 bits per heavy atom. The first-order chi connectivity index (χ1) is 23.2. The number of amides is 1. The molecule has 0 unspecified atom stereocenters. The van der Waals surface area contributed by atoms with Crippen LogP contribution in [-0.4, -0.2) is 77.8 Å². The molecule has 0 radical (unpaired) electrons. The lowest BCUT2D eigenvalue weighted by atomic mass is 9.87. The van der Waals surface area contributed by atoms with E-state index in [4.69, 9.17) is 29.3 Å². The number of anilines is 2. The SMILES string of the molecule is CCOCCNc1ccc(/N=C2/C(C(C)(C)C)=Nn3nc(-c4ccc(NC(=O)c5ccccc5C(=O)OCCOCC)cc4)nc32)cc1. The van der Waals surface area contributed by atoms with E-state index in [-0.39, 0.29) is 29.8 Å². The van der Waals surface area contributed by atoms with Crippen LogP contribution in [0.1, 0.15) is 61.2 Å². The third-order valence-electron chi connectivity index (χ3n) is 7.28. The van der Waals surface area contributed by atoms with Crippen LogP contribution in [0, 0.1) is 5.41 Å². The van der Waals surface area contributed by atoms with Crippen LogP contribution in [0.15, 0.2) is 82.9 Å². The minimum atomic E-state index is -0.586. The zero-order valence-electron chi connectivity index (χ0n) is 27.9. The number of aromatic nitrogens is 3. The lowest BCUT2D eigenvalue weighted by Crippen LogP contribution is -2.27. The summed E-state index contributed by atoms with van der Waals surface area (Å²) in [7, 11) is 0. The predicted molar refractivity (Wildman–Crippen MR) is 187 cm³/mol. The first kappa shape index (κ1) is 34.1. The van der Waals surface area contributed by atoms with E-state index in [2.05, 4.69) is 36.5 Å². The highest BCUT2D eigenvalue weighted by Crippen LogP contribution is 2.29. The van der Waals surface area contributed by atoms with Crippen LogP contribution in [0.5, 0.6) is 0 Å². The van der Waals surface area contributed by atoms with Gasteiger partial charge in [0.1, 0.15) is 12.3 Å². The van der Waals surface area contributed by atoms with Gasteiger partial charge in [0.05, 0.1) is 35.7 Å². The van der Waals surface area contributed by atoms with E-state index in [1.54, 1.807) is 36.4 Å². The fourth-order valence-electron chi connectivity index (χ4n) is 4.87. The van der Waals surface area contributed by atoms with Crippen LogP contribution in [0.2, 0.25) is 0 Å². The Bertz CT molecular complexity index is 1790. The van der Waals surface area contributed by atoms with Gasteiger partial charge in [-0.3, -0.25) is 4.79 Å². The van der Waals surface area contributed by atoms with Crippen molar-refractivity contribution in [2.24, 2.45) is 15.5 Å². The Hall–Kier alpha value is -5.20. The summed E-state index contributed by atoms with van der Waals surface area (Å²) in [5.41, 5.74) is 4.59. The lowest BCUT2D eigenvalue weighted by molar-refractivity contribution is 0.0333. The monoisotopic (exact) mass is 651 g/mol. The number of esters is 1. The Kier molecular flexibility index (Phi) is 11.1. The number of carbonyl (C=O) groups excluding carboxylic acids is 2. The Morgan fingerprint density at radius 3 is 2.19 bits per heavy atom. The van der Waals surface area contributed by atoms with Gasteiger partial charge in [-0.2, -0.15) is 5.10 Å². The van der Waals surface area contributed by atoms with E-state index in [0.29, 0.717) is 42.9 Å². The topological polar surface area (TPSA) is 141 Å². The van der Waals surface area contributed by atoms with E-state index in [1.807, 2.05) is 50.2 Å². The standard InChI is InChI=1S/C36H41N7O5/c1-6-46-21-20-37-25-16-18-26(19-17-25)38-30-31(36(3,4)5)41-43-33(30)40-32(42-43)24-12-14-27(15-13-24)39-34(44)28-10-8-9-11-29(28)35(45)48-23-22-47-7-2/h8-19,37H,6-7,20-23H2,1-5H3,(H,39,44)/b38-30-. The summed E-state index contributed by atoms with van der Waals surface area (Å²) in [5, 5.41) is 15.6. The van der Waals surface area contributed by atoms with Crippen molar-refractivity contribution in [3.63, 3.8) is 0 Å². The molecule has 0 saturated heterocycles. The largest absolute Gasteiger partial charge is 0.460 e. The molecule has 1 amide bonds. The van der Waals surface area contributed by atoms with E-state index >= 15 is 0 Å². The van der Waals surface area contributed by atoms with Crippen LogP contribution in [0.25, 0.3) is 11.4 Å². The molecule has 12 heteroatoms. The molecule has 250 valence electrons. The van der Waals surface area contributed by atoms with Crippen molar-refractivity contribution >= 4 is 40.4 Å². The quantitative estimate of drug-likeness (QED) is 0.121. The number of hydrogen-bond acceptors (Lipinski definition) is 10. The molecule has 2 heterocycles. The zero-order chi connectivity index (χ0) is 34.1. The predicted octanol–water partition coefficient (Wildman–Crippen LogP) is 6.22. The molecule has 0 atom stereocenters. The van der Waals surface area contributed by atoms with Gasteiger partial charge >= 0.3 is 5.97 Å². The number of rotatable bonds is 14. The molecule has 48 heavy (non-hydrogen) atoms. The van der Waals surface area contributed by atoms with E-state index < -0.39 is 11.9 Å². The van der Waals surface area contributed by atoms with Crippen molar-refractivity contribution in [1.29, 1.82) is 0 Å². The van der Waals surface area contributed by atoms with Gasteiger partial charge < -0.3 is 24.8 Å². The highest BCUT2D eigenvalue weighted by Gasteiger charge is 2.35. The minimum absolute atomic E-state index is 0.104. The maximum atomic E-state index is 13.1. The Labute approximate surface area is 280 Å². The molecule has 1 aromatic heterocycles. The van der Waals surface area contributed by atoms with Crippen molar-refractivity contribution in [3.8, 4) is 11.4 Å². The van der Waals surface area contributed by atoms with Gasteiger partial charge in [0.2, 0.25) is 5.82 Å². The normalized spacial score (nSPS) is 13.3. The van der Waals surface area contributed by atoms with Gasteiger partial charge in [0, 0.05) is 42.1 Å².